The van der Waals surface area contributed by atoms with Crippen molar-refractivity contribution >= 4 is 5.69 Å². The molecule has 1 aromatic rings. The molecule has 0 aliphatic rings. The molecule has 0 saturated heterocycles. The Morgan fingerprint density at radius 1 is 1.47 bits per heavy atom. The molecule has 0 spiro atoms. The Bertz CT molecular complexity index is 355. The van der Waals surface area contributed by atoms with Crippen LogP contribution in [0.15, 0.2) is 18.2 Å². The summed E-state index contributed by atoms with van der Waals surface area (Å²) in [5, 5.41) is 0. The van der Waals surface area contributed by atoms with Crippen molar-refractivity contribution in [2.45, 2.75) is 19.9 Å². The van der Waals surface area contributed by atoms with Gasteiger partial charge in [0.1, 0.15) is 5.82 Å². The first-order valence-corrected chi connectivity index (χ1v) is 5.89. The first-order chi connectivity index (χ1) is 8.10. The number of rotatable bonds is 6. The molecule has 3 nitrogen and oxygen atoms in total. The van der Waals surface area contributed by atoms with Gasteiger partial charge in [0.15, 0.2) is 0 Å². The Balaban J connectivity index is 3.00. The highest BCUT2D eigenvalue weighted by Crippen LogP contribution is 2.26. The molecule has 0 heterocycles. The molecular formula is C13H21FN2O. The number of halogens is 1. The van der Waals surface area contributed by atoms with Crippen LogP contribution in [0.5, 0.6) is 0 Å². The molecular weight excluding hydrogens is 219 g/mol. The summed E-state index contributed by atoms with van der Waals surface area (Å²) in [6.07, 6.45) is 0. The summed E-state index contributed by atoms with van der Waals surface area (Å²) in [6.45, 7) is 6.18. The Labute approximate surface area is 102 Å². The SMILES string of the molecule is CCN(CCOC)c1ccc(F)cc1[C@H](C)N. The first-order valence-electron chi connectivity index (χ1n) is 5.89. The predicted molar refractivity (Wildman–Crippen MR) is 68.8 cm³/mol. The highest BCUT2D eigenvalue weighted by atomic mass is 19.1. The third-order valence-corrected chi connectivity index (χ3v) is 2.77. The van der Waals surface area contributed by atoms with Gasteiger partial charge in [0, 0.05) is 31.9 Å². The fraction of sp³-hybridized carbons (Fsp3) is 0.538. The monoisotopic (exact) mass is 240 g/mol. The lowest BCUT2D eigenvalue weighted by molar-refractivity contribution is 0.205. The zero-order valence-corrected chi connectivity index (χ0v) is 10.7. The van der Waals surface area contributed by atoms with E-state index in [0.717, 1.165) is 24.3 Å². The number of ether oxygens (including phenoxy) is 1. The van der Waals surface area contributed by atoms with Gasteiger partial charge in [-0.2, -0.15) is 0 Å². The standard InChI is InChI=1S/C13H21FN2O/c1-4-16(7-8-17-3)13-6-5-11(14)9-12(13)10(2)15/h5-6,9-10H,4,7-8,15H2,1-3H3/t10-/m0/s1. The van der Waals surface area contributed by atoms with E-state index in [0.29, 0.717) is 6.61 Å². The van der Waals surface area contributed by atoms with Gasteiger partial charge < -0.3 is 15.4 Å². The number of likely N-dealkylation sites (N-methyl/N-ethyl adjacent to an activating group) is 1. The van der Waals surface area contributed by atoms with E-state index >= 15 is 0 Å². The molecule has 1 rings (SSSR count). The van der Waals surface area contributed by atoms with E-state index in [-0.39, 0.29) is 11.9 Å². The lowest BCUT2D eigenvalue weighted by Gasteiger charge is -2.26. The van der Waals surface area contributed by atoms with Crippen molar-refractivity contribution < 1.29 is 9.13 Å². The fourth-order valence-electron chi connectivity index (χ4n) is 1.83. The van der Waals surface area contributed by atoms with Crippen LogP contribution in [-0.2, 0) is 4.74 Å². The average molecular weight is 240 g/mol. The maximum atomic E-state index is 13.2. The summed E-state index contributed by atoms with van der Waals surface area (Å²) < 4.78 is 18.3. The van der Waals surface area contributed by atoms with Crippen molar-refractivity contribution in [2.75, 3.05) is 31.7 Å². The highest BCUT2D eigenvalue weighted by molar-refractivity contribution is 5.55. The van der Waals surface area contributed by atoms with Crippen LogP contribution in [0.1, 0.15) is 25.5 Å². The molecule has 2 N–H and O–H groups in total. The van der Waals surface area contributed by atoms with Crippen molar-refractivity contribution in [3.8, 4) is 0 Å². The molecule has 96 valence electrons. The maximum Gasteiger partial charge on any atom is 0.123 e. The number of anilines is 1. The smallest absolute Gasteiger partial charge is 0.123 e. The normalized spacial score (nSPS) is 12.5. The maximum absolute atomic E-state index is 13.2. The lowest BCUT2D eigenvalue weighted by Crippen LogP contribution is -2.28. The highest BCUT2D eigenvalue weighted by Gasteiger charge is 2.13. The minimum Gasteiger partial charge on any atom is -0.383 e. The lowest BCUT2D eigenvalue weighted by atomic mass is 10.1. The third-order valence-electron chi connectivity index (χ3n) is 2.77. The molecule has 4 heteroatoms. The number of nitrogens with zero attached hydrogens (tertiary/aromatic N) is 1. The fourth-order valence-corrected chi connectivity index (χ4v) is 1.83. The Morgan fingerprint density at radius 3 is 2.71 bits per heavy atom. The number of benzene rings is 1. The van der Waals surface area contributed by atoms with Crippen molar-refractivity contribution in [3.05, 3.63) is 29.6 Å². The molecule has 0 unspecified atom stereocenters. The second-order valence-electron chi connectivity index (χ2n) is 4.06. The van der Waals surface area contributed by atoms with Crippen LogP contribution in [0, 0.1) is 5.82 Å². The van der Waals surface area contributed by atoms with E-state index in [4.69, 9.17) is 10.5 Å². The molecule has 1 atom stereocenters. The first kappa shape index (κ1) is 13.9. The van der Waals surface area contributed by atoms with Gasteiger partial charge in [-0.1, -0.05) is 0 Å². The van der Waals surface area contributed by atoms with Crippen LogP contribution in [0.4, 0.5) is 10.1 Å². The quantitative estimate of drug-likeness (QED) is 0.829. The minimum absolute atomic E-state index is 0.183. The molecule has 0 aliphatic heterocycles. The van der Waals surface area contributed by atoms with Crippen molar-refractivity contribution in [1.29, 1.82) is 0 Å². The zero-order valence-electron chi connectivity index (χ0n) is 10.7. The van der Waals surface area contributed by atoms with E-state index in [1.807, 2.05) is 6.92 Å². The van der Waals surface area contributed by atoms with E-state index in [2.05, 4.69) is 11.8 Å². The van der Waals surface area contributed by atoms with Crippen molar-refractivity contribution in [3.63, 3.8) is 0 Å². The summed E-state index contributed by atoms with van der Waals surface area (Å²) in [5.41, 5.74) is 7.70. The van der Waals surface area contributed by atoms with Crippen LogP contribution < -0.4 is 10.6 Å². The van der Waals surface area contributed by atoms with Gasteiger partial charge in [0.25, 0.3) is 0 Å². The Hall–Kier alpha value is -1.13. The largest absolute Gasteiger partial charge is 0.383 e. The zero-order chi connectivity index (χ0) is 12.8. The predicted octanol–water partition coefficient (Wildman–Crippen LogP) is 2.32. The summed E-state index contributed by atoms with van der Waals surface area (Å²) in [5.74, 6) is -0.246. The molecule has 0 aromatic heterocycles. The molecule has 17 heavy (non-hydrogen) atoms. The molecule has 0 amide bonds. The van der Waals surface area contributed by atoms with Crippen molar-refractivity contribution in [2.24, 2.45) is 5.73 Å². The number of hydrogen-bond acceptors (Lipinski definition) is 3. The molecule has 0 aliphatic carbocycles. The van der Waals surface area contributed by atoms with Crippen LogP contribution in [0.3, 0.4) is 0 Å². The summed E-state index contributed by atoms with van der Waals surface area (Å²) in [4.78, 5) is 2.14. The summed E-state index contributed by atoms with van der Waals surface area (Å²) >= 11 is 0. The van der Waals surface area contributed by atoms with E-state index in [9.17, 15) is 4.39 Å². The van der Waals surface area contributed by atoms with Gasteiger partial charge in [0.05, 0.1) is 6.61 Å². The Kier molecular flexibility index (Phi) is 5.38. The Morgan fingerprint density at radius 2 is 2.18 bits per heavy atom. The average Bonchev–Trinajstić information content (AvgIpc) is 2.31. The molecule has 0 saturated carbocycles. The molecule has 0 radical (unpaired) electrons. The van der Waals surface area contributed by atoms with Crippen LogP contribution >= 0.6 is 0 Å². The van der Waals surface area contributed by atoms with Gasteiger partial charge in [-0.25, -0.2) is 4.39 Å². The van der Waals surface area contributed by atoms with E-state index < -0.39 is 0 Å². The summed E-state index contributed by atoms with van der Waals surface area (Å²) in [7, 11) is 1.67. The van der Waals surface area contributed by atoms with Crippen LogP contribution in [0.25, 0.3) is 0 Å². The summed E-state index contributed by atoms with van der Waals surface area (Å²) in [6, 6.07) is 4.58. The number of methoxy groups -OCH3 is 1. The number of nitrogens with two attached hydrogens (primary N) is 1. The molecule has 0 fully saturated rings. The van der Waals surface area contributed by atoms with E-state index in [1.54, 1.807) is 13.2 Å². The number of hydrogen-bond donors (Lipinski definition) is 1. The second kappa shape index (κ2) is 6.57. The second-order valence-corrected chi connectivity index (χ2v) is 4.06. The van der Waals surface area contributed by atoms with E-state index in [1.165, 1.54) is 12.1 Å². The van der Waals surface area contributed by atoms with Crippen LogP contribution in [-0.4, -0.2) is 26.8 Å². The van der Waals surface area contributed by atoms with Crippen LogP contribution in [0.2, 0.25) is 0 Å². The third kappa shape index (κ3) is 3.68. The molecule has 1 aromatic carbocycles. The topological polar surface area (TPSA) is 38.5 Å². The van der Waals surface area contributed by atoms with Crippen molar-refractivity contribution in [1.82, 2.24) is 0 Å². The minimum atomic E-state index is -0.246. The van der Waals surface area contributed by atoms with Gasteiger partial charge in [-0.15, -0.1) is 0 Å². The van der Waals surface area contributed by atoms with Gasteiger partial charge in [-0.3, -0.25) is 0 Å². The van der Waals surface area contributed by atoms with Gasteiger partial charge in [0.2, 0.25) is 0 Å². The van der Waals surface area contributed by atoms with Gasteiger partial charge >= 0.3 is 0 Å². The van der Waals surface area contributed by atoms with Gasteiger partial charge in [-0.05, 0) is 37.6 Å². The molecule has 0 bridgehead atoms.